The van der Waals surface area contributed by atoms with E-state index in [2.05, 4.69) is 38.6 Å². The molecule has 0 bridgehead atoms. The van der Waals surface area contributed by atoms with Gasteiger partial charge in [0.25, 0.3) is 0 Å². The average molecular weight is 347 g/mol. The Morgan fingerprint density at radius 3 is 3.04 bits per heavy atom. The van der Waals surface area contributed by atoms with Crippen molar-refractivity contribution < 1.29 is 0 Å². The molecule has 7 nitrogen and oxygen atoms in total. The number of fused-ring (bicyclic) bond motifs is 1. The van der Waals surface area contributed by atoms with Gasteiger partial charge in [-0.15, -0.1) is 0 Å². The maximum absolute atomic E-state index is 9.03. The van der Waals surface area contributed by atoms with Crippen LogP contribution in [0.4, 0.5) is 5.95 Å². The molecule has 26 heavy (non-hydrogen) atoms. The van der Waals surface area contributed by atoms with Gasteiger partial charge in [0.05, 0.1) is 5.69 Å². The molecule has 0 aliphatic carbocycles. The highest BCUT2D eigenvalue weighted by molar-refractivity contribution is 5.93. The number of aryl methyl sites for hydroxylation is 1. The first-order valence-electron chi connectivity index (χ1n) is 9.00. The lowest BCUT2D eigenvalue weighted by atomic mass is 10.1. The molecule has 3 N–H and O–H groups in total. The van der Waals surface area contributed by atoms with Crippen LogP contribution in [0.15, 0.2) is 24.5 Å². The third-order valence-electron chi connectivity index (χ3n) is 4.78. The quantitative estimate of drug-likeness (QED) is 0.670. The summed E-state index contributed by atoms with van der Waals surface area (Å²) in [7, 11) is 0. The Morgan fingerprint density at radius 1 is 1.35 bits per heavy atom. The Morgan fingerprint density at radius 2 is 2.27 bits per heavy atom. The molecule has 0 radical (unpaired) electrons. The highest BCUT2D eigenvalue weighted by atomic mass is 15.1. The smallest absolute Gasteiger partial charge is 0.223 e. The van der Waals surface area contributed by atoms with Gasteiger partial charge < -0.3 is 15.6 Å². The van der Waals surface area contributed by atoms with E-state index in [4.69, 9.17) is 10.2 Å². The zero-order valence-electron chi connectivity index (χ0n) is 14.7. The van der Waals surface area contributed by atoms with Gasteiger partial charge in [0, 0.05) is 35.9 Å². The number of aromatic nitrogens is 4. The third kappa shape index (κ3) is 3.11. The maximum Gasteiger partial charge on any atom is 0.223 e. The fraction of sp³-hybridized carbons (Fsp3) is 0.368. The van der Waals surface area contributed by atoms with Crippen molar-refractivity contribution in [3.8, 4) is 17.3 Å². The largest absolute Gasteiger partial charge is 0.350 e. The minimum atomic E-state index is 0.354. The van der Waals surface area contributed by atoms with Crippen molar-refractivity contribution in [2.75, 3.05) is 18.4 Å². The first-order chi connectivity index (χ1) is 12.8. The van der Waals surface area contributed by atoms with Crippen LogP contribution >= 0.6 is 0 Å². The number of pyridine rings is 1. The second-order valence-electron chi connectivity index (χ2n) is 6.52. The summed E-state index contributed by atoms with van der Waals surface area (Å²) < 4.78 is 0. The van der Waals surface area contributed by atoms with Crippen LogP contribution in [-0.2, 0) is 6.42 Å². The summed E-state index contributed by atoms with van der Waals surface area (Å²) in [5, 5.41) is 16.8. The van der Waals surface area contributed by atoms with E-state index in [9.17, 15) is 0 Å². The summed E-state index contributed by atoms with van der Waals surface area (Å²) in [4.78, 5) is 16.8. The Kier molecular flexibility index (Phi) is 4.50. The number of anilines is 1. The van der Waals surface area contributed by atoms with Gasteiger partial charge in [-0.3, -0.25) is 0 Å². The van der Waals surface area contributed by atoms with E-state index in [1.807, 2.05) is 18.5 Å². The van der Waals surface area contributed by atoms with Gasteiger partial charge >= 0.3 is 0 Å². The van der Waals surface area contributed by atoms with Crippen molar-refractivity contribution in [3.63, 3.8) is 0 Å². The van der Waals surface area contributed by atoms with Crippen molar-refractivity contribution in [3.05, 3.63) is 35.8 Å². The molecule has 0 amide bonds. The van der Waals surface area contributed by atoms with Gasteiger partial charge in [-0.25, -0.2) is 15.0 Å². The molecule has 0 unspecified atom stereocenters. The van der Waals surface area contributed by atoms with Crippen LogP contribution in [0.3, 0.4) is 0 Å². The molecule has 1 aliphatic heterocycles. The predicted molar refractivity (Wildman–Crippen MR) is 101 cm³/mol. The summed E-state index contributed by atoms with van der Waals surface area (Å²) in [6.45, 7) is 4.11. The Balaban J connectivity index is 1.72. The van der Waals surface area contributed by atoms with Gasteiger partial charge in [-0.1, -0.05) is 6.92 Å². The molecule has 1 aliphatic rings. The monoisotopic (exact) mass is 347 g/mol. The summed E-state index contributed by atoms with van der Waals surface area (Å²) in [5.41, 5.74) is 4.08. The molecular weight excluding hydrogens is 326 g/mol. The summed E-state index contributed by atoms with van der Waals surface area (Å²) >= 11 is 0. The van der Waals surface area contributed by atoms with E-state index in [0.29, 0.717) is 23.3 Å². The van der Waals surface area contributed by atoms with Crippen LogP contribution in [0.2, 0.25) is 0 Å². The van der Waals surface area contributed by atoms with Crippen LogP contribution in [0.5, 0.6) is 0 Å². The zero-order chi connectivity index (χ0) is 17.9. The van der Waals surface area contributed by atoms with Crippen molar-refractivity contribution in [2.45, 2.75) is 32.2 Å². The molecule has 1 saturated heterocycles. The highest BCUT2D eigenvalue weighted by Crippen LogP contribution is 2.30. The third-order valence-corrected chi connectivity index (χ3v) is 4.78. The number of aromatic amines is 1. The molecule has 7 heteroatoms. The maximum atomic E-state index is 9.03. The normalized spacial score (nSPS) is 17.2. The van der Waals surface area contributed by atoms with Crippen molar-refractivity contribution in [1.82, 2.24) is 25.3 Å². The second-order valence-corrected chi connectivity index (χ2v) is 6.52. The van der Waals surface area contributed by atoms with Crippen LogP contribution in [-0.4, -0.2) is 39.1 Å². The number of hydrogen-bond donors (Lipinski definition) is 3. The second kappa shape index (κ2) is 7.10. The standard InChI is InChI=1S/C19H21N7/c1-2-12-9-23-19(25-14-4-3-7-21-10-14)26-17(12)16-11-22-18-15(16)6-5-13(8-20)24-18/h5-6,9,11,14,21H,2-4,7,10H2,1H3,(H,22,24)(H,23,25,26)/t14-/m0/s1. The topological polar surface area (TPSA) is 102 Å². The molecule has 0 aromatic carbocycles. The van der Waals surface area contributed by atoms with E-state index >= 15 is 0 Å². The van der Waals surface area contributed by atoms with Gasteiger partial charge in [-0.05, 0) is 43.5 Å². The lowest BCUT2D eigenvalue weighted by Gasteiger charge is -2.24. The minimum Gasteiger partial charge on any atom is -0.350 e. The molecule has 1 fully saturated rings. The summed E-state index contributed by atoms with van der Waals surface area (Å²) in [6.07, 6.45) is 6.93. The molecule has 0 spiro atoms. The van der Waals surface area contributed by atoms with Crippen LogP contribution in [0, 0.1) is 11.3 Å². The predicted octanol–water partition coefficient (Wildman–Crippen LogP) is 2.62. The zero-order valence-corrected chi connectivity index (χ0v) is 14.7. The van der Waals surface area contributed by atoms with Gasteiger partial charge in [0.2, 0.25) is 5.95 Å². The number of H-pyrrole nitrogens is 1. The molecule has 132 valence electrons. The van der Waals surface area contributed by atoms with E-state index in [1.165, 1.54) is 0 Å². The molecule has 4 rings (SSSR count). The molecule has 4 heterocycles. The van der Waals surface area contributed by atoms with E-state index in [1.54, 1.807) is 6.07 Å². The van der Waals surface area contributed by atoms with Gasteiger partial charge in [0.15, 0.2) is 0 Å². The van der Waals surface area contributed by atoms with Gasteiger partial charge in [-0.2, -0.15) is 5.26 Å². The lowest BCUT2D eigenvalue weighted by Crippen LogP contribution is -2.38. The van der Waals surface area contributed by atoms with Crippen LogP contribution in [0.25, 0.3) is 22.3 Å². The van der Waals surface area contributed by atoms with E-state index in [0.717, 1.165) is 54.6 Å². The van der Waals surface area contributed by atoms with Crippen LogP contribution < -0.4 is 10.6 Å². The molecular formula is C19H21N7. The van der Waals surface area contributed by atoms with Gasteiger partial charge in [0.1, 0.15) is 17.4 Å². The number of nitrogens with one attached hydrogen (secondary N) is 3. The molecule has 3 aromatic rings. The fourth-order valence-corrected chi connectivity index (χ4v) is 3.39. The highest BCUT2D eigenvalue weighted by Gasteiger charge is 2.17. The Hall–Kier alpha value is -2.98. The number of hydrogen-bond acceptors (Lipinski definition) is 6. The van der Waals surface area contributed by atoms with E-state index < -0.39 is 0 Å². The molecule has 1 atom stereocenters. The molecule has 0 saturated carbocycles. The number of rotatable bonds is 4. The summed E-state index contributed by atoms with van der Waals surface area (Å²) in [5.74, 6) is 0.654. The summed E-state index contributed by atoms with van der Waals surface area (Å²) in [6, 6.07) is 6.08. The minimum absolute atomic E-state index is 0.354. The Bertz CT molecular complexity index is 964. The fourth-order valence-electron chi connectivity index (χ4n) is 3.39. The lowest BCUT2D eigenvalue weighted by molar-refractivity contribution is 0.478. The Labute approximate surface area is 151 Å². The van der Waals surface area contributed by atoms with Crippen LogP contribution in [0.1, 0.15) is 31.0 Å². The van der Waals surface area contributed by atoms with Crippen molar-refractivity contribution in [2.24, 2.45) is 0 Å². The van der Waals surface area contributed by atoms with Crippen molar-refractivity contribution >= 4 is 17.0 Å². The number of nitrogens with zero attached hydrogens (tertiary/aromatic N) is 4. The SMILES string of the molecule is CCc1cnc(N[C@H]2CCCNC2)nc1-c1c[nH]c2nc(C#N)ccc12. The number of nitriles is 1. The number of piperidine rings is 1. The molecule has 3 aromatic heterocycles. The van der Waals surface area contributed by atoms with E-state index in [-0.39, 0.29) is 0 Å². The van der Waals surface area contributed by atoms with Crippen molar-refractivity contribution in [1.29, 1.82) is 5.26 Å². The first kappa shape index (κ1) is 16.5. The average Bonchev–Trinajstić information content (AvgIpc) is 3.11. The first-order valence-corrected chi connectivity index (χ1v) is 9.00.